The number of nitrogen functional groups attached to an aromatic ring is 1. The number of rotatable bonds is 5. The molecule has 0 radical (unpaired) electrons. The molecule has 22 heavy (non-hydrogen) atoms. The lowest BCUT2D eigenvalue weighted by atomic mass is 10.1. The summed E-state index contributed by atoms with van der Waals surface area (Å²) in [5.41, 5.74) is 7.34. The highest BCUT2D eigenvalue weighted by Crippen LogP contribution is 2.34. The second kappa shape index (κ2) is 6.61. The maximum atomic E-state index is 11.6. The molecule has 116 valence electrons. The van der Waals surface area contributed by atoms with Gasteiger partial charge in [-0.3, -0.25) is 9.59 Å². The zero-order valence-electron chi connectivity index (χ0n) is 11.8. The summed E-state index contributed by atoms with van der Waals surface area (Å²) < 4.78 is 0.807. The first-order chi connectivity index (χ1) is 10.4. The van der Waals surface area contributed by atoms with Crippen molar-refractivity contribution in [3.05, 3.63) is 28.4 Å². The number of aliphatic carboxylic acids is 1. The number of aryl methyl sites for hydroxylation is 1. The molecule has 0 aliphatic carbocycles. The molecule has 8 heteroatoms. The monoisotopic (exact) mass is 366 g/mol. The standard InChI is InChI=1S/C14H15BrN4O3/c1-7-13(15)12-8(3-2-4-9(12)16)14(19-7)18-5-10(20)17-6-11(21)22/h2-4H,5-6,16H2,1H3,(H,17,20)(H,18,19)(H,21,22). The van der Waals surface area contributed by atoms with Gasteiger partial charge in [0.15, 0.2) is 0 Å². The molecule has 0 fully saturated rings. The Labute approximate surface area is 135 Å². The van der Waals surface area contributed by atoms with E-state index in [9.17, 15) is 9.59 Å². The molecule has 1 aromatic carbocycles. The van der Waals surface area contributed by atoms with E-state index in [1.54, 1.807) is 12.1 Å². The van der Waals surface area contributed by atoms with Crippen molar-refractivity contribution in [3.8, 4) is 0 Å². The van der Waals surface area contributed by atoms with E-state index in [0.29, 0.717) is 11.5 Å². The number of fused-ring (bicyclic) bond motifs is 1. The number of pyridine rings is 1. The number of nitrogens with zero attached hydrogens (tertiary/aromatic N) is 1. The van der Waals surface area contributed by atoms with Gasteiger partial charge < -0.3 is 21.5 Å². The van der Waals surface area contributed by atoms with E-state index in [1.807, 2.05) is 13.0 Å². The number of hydrogen-bond acceptors (Lipinski definition) is 5. The molecular weight excluding hydrogens is 352 g/mol. The van der Waals surface area contributed by atoms with Crippen molar-refractivity contribution < 1.29 is 14.7 Å². The molecule has 1 aromatic heterocycles. The zero-order chi connectivity index (χ0) is 16.3. The first kappa shape index (κ1) is 16.0. The molecule has 0 unspecified atom stereocenters. The number of benzene rings is 1. The third kappa shape index (κ3) is 3.45. The molecule has 7 nitrogen and oxygen atoms in total. The highest BCUT2D eigenvalue weighted by molar-refractivity contribution is 9.10. The normalized spacial score (nSPS) is 10.5. The van der Waals surface area contributed by atoms with Gasteiger partial charge in [0.2, 0.25) is 5.91 Å². The second-order valence-corrected chi connectivity index (χ2v) is 5.45. The molecule has 1 heterocycles. The van der Waals surface area contributed by atoms with Crippen molar-refractivity contribution in [2.75, 3.05) is 24.1 Å². The molecule has 5 N–H and O–H groups in total. The van der Waals surface area contributed by atoms with Crippen LogP contribution in [0.15, 0.2) is 22.7 Å². The molecule has 0 bridgehead atoms. The van der Waals surface area contributed by atoms with Gasteiger partial charge in [-0.25, -0.2) is 4.98 Å². The Hall–Kier alpha value is -2.35. The summed E-state index contributed by atoms with van der Waals surface area (Å²) in [5, 5.41) is 15.3. The number of aromatic nitrogens is 1. The summed E-state index contributed by atoms with van der Waals surface area (Å²) in [7, 11) is 0. The number of carbonyl (C=O) groups excluding carboxylic acids is 1. The fraction of sp³-hybridized carbons (Fsp3) is 0.214. The summed E-state index contributed by atoms with van der Waals surface area (Å²) >= 11 is 3.47. The fourth-order valence-corrected chi connectivity index (χ4v) is 2.54. The molecule has 0 saturated carbocycles. The van der Waals surface area contributed by atoms with Crippen LogP contribution in [0.2, 0.25) is 0 Å². The van der Waals surface area contributed by atoms with Gasteiger partial charge in [0.1, 0.15) is 12.4 Å². The molecular formula is C14H15BrN4O3. The van der Waals surface area contributed by atoms with Crippen LogP contribution in [-0.4, -0.2) is 35.1 Å². The predicted molar refractivity (Wildman–Crippen MR) is 87.7 cm³/mol. The molecule has 2 aromatic rings. The lowest BCUT2D eigenvalue weighted by Gasteiger charge is -2.13. The smallest absolute Gasteiger partial charge is 0.322 e. The Morgan fingerprint density at radius 2 is 2.09 bits per heavy atom. The van der Waals surface area contributed by atoms with Crippen molar-refractivity contribution in [1.29, 1.82) is 0 Å². The van der Waals surface area contributed by atoms with Gasteiger partial charge in [-0.2, -0.15) is 0 Å². The van der Waals surface area contributed by atoms with E-state index in [0.717, 1.165) is 20.9 Å². The number of anilines is 2. The van der Waals surface area contributed by atoms with Gasteiger partial charge in [0, 0.05) is 20.9 Å². The minimum atomic E-state index is -1.09. The van der Waals surface area contributed by atoms with Crippen molar-refractivity contribution in [3.63, 3.8) is 0 Å². The van der Waals surface area contributed by atoms with Crippen molar-refractivity contribution >= 4 is 50.1 Å². The Balaban J connectivity index is 2.25. The van der Waals surface area contributed by atoms with Gasteiger partial charge in [-0.05, 0) is 28.9 Å². The van der Waals surface area contributed by atoms with E-state index in [1.165, 1.54) is 0 Å². The minimum Gasteiger partial charge on any atom is -0.480 e. The number of nitrogens with two attached hydrogens (primary N) is 1. The maximum Gasteiger partial charge on any atom is 0.322 e. The highest BCUT2D eigenvalue weighted by Gasteiger charge is 2.12. The molecule has 1 amide bonds. The van der Waals surface area contributed by atoms with E-state index in [2.05, 4.69) is 31.5 Å². The molecule has 2 rings (SSSR count). The summed E-state index contributed by atoms with van der Waals surface area (Å²) in [6, 6.07) is 5.44. The quantitative estimate of drug-likeness (QED) is 0.595. The van der Waals surface area contributed by atoms with Gasteiger partial charge in [-0.1, -0.05) is 12.1 Å². The molecule has 0 atom stereocenters. The molecule has 0 saturated heterocycles. The predicted octanol–water partition coefficient (Wildman–Crippen LogP) is 1.50. The minimum absolute atomic E-state index is 0.0781. The average molecular weight is 367 g/mol. The van der Waals surface area contributed by atoms with Gasteiger partial charge >= 0.3 is 5.97 Å². The molecule has 0 aliphatic heterocycles. The Morgan fingerprint density at radius 3 is 2.77 bits per heavy atom. The van der Waals surface area contributed by atoms with Crippen LogP contribution >= 0.6 is 15.9 Å². The molecule has 0 spiro atoms. The van der Waals surface area contributed by atoms with E-state index in [-0.39, 0.29) is 6.54 Å². The summed E-state index contributed by atoms with van der Waals surface area (Å²) in [5.74, 6) is -1.00. The van der Waals surface area contributed by atoms with Gasteiger partial charge in [0.25, 0.3) is 0 Å². The summed E-state index contributed by atoms with van der Waals surface area (Å²) in [4.78, 5) is 26.4. The number of nitrogens with one attached hydrogen (secondary N) is 2. The first-order valence-electron chi connectivity index (χ1n) is 6.46. The Kier molecular flexibility index (Phi) is 4.81. The Bertz CT molecular complexity index is 748. The van der Waals surface area contributed by atoms with Crippen LogP contribution in [0.3, 0.4) is 0 Å². The lowest BCUT2D eigenvalue weighted by Crippen LogP contribution is -2.34. The summed E-state index contributed by atoms with van der Waals surface area (Å²) in [6.07, 6.45) is 0. The first-order valence-corrected chi connectivity index (χ1v) is 7.26. The van der Waals surface area contributed by atoms with Crippen LogP contribution in [0.5, 0.6) is 0 Å². The van der Waals surface area contributed by atoms with E-state index in [4.69, 9.17) is 10.8 Å². The highest BCUT2D eigenvalue weighted by atomic mass is 79.9. The Morgan fingerprint density at radius 1 is 1.36 bits per heavy atom. The number of amides is 1. The number of hydrogen-bond donors (Lipinski definition) is 4. The number of halogens is 1. The fourth-order valence-electron chi connectivity index (χ4n) is 2.01. The third-order valence-corrected chi connectivity index (χ3v) is 3.99. The largest absolute Gasteiger partial charge is 0.480 e. The van der Waals surface area contributed by atoms with Crippen LogP contribution in [0, 0.1) is 6.92 Å². The maximum absolute atomic E-state index is 11.6. The average Bonchev–Trinajstić information content (AvgIpc) is 2.47. The summed E-state index contributed by atoms with van der Waals surface area (Å²) in [6.45, 7) is 1.33. The van der Waals surface area contributed by atoms with Gasteiger partial charge in [0.05, 0.1) is 12.2 Å². The van der Waals surface area contributed by atoms with Crippen molar-refractivity contribution in [1.82, 2.24) is 10.3 Å². The number of carboxylic acid groups (broad SMARTS) is 1. The van der Waals surface area contributed by atoms with Crippen LogP contribution in [0.25, 0.3) is 10.8 Å². The van der Waals surface area contributed by atoms with Gasteiger partial charge in [-0.15, -0.1) is 0 Å². The van der Waals surface area contributed by atoms with Crippen molar-refractivity contribution in [2.24, 2.45) is 0 Å². The van der Waals surface area contributed by atoms with Crippen LogP contribution < -0.4 is 16.4 Å². The SMILES string of the molecule is Cc1nc(NCC(=O)NCC(=O)O)c2cccc(N)c2c1Br. The van der Waals surface area contributed by atoms with Crippen LogP contribution in [0.1, 0.15) is 5.69 Å². The number of carboxylic acids is 1. The van der Waals surface area contributed by atoms with Crippen LogP contribution in [-0.2, 0) is 9.59 Å². The topological polar surface area (TPSA) is 117 Å². The molecule has 0 aliphatic rings. The zero-order valence-corrected chi connectivity index (χ0v) is 13.4. The van der Waals surface area contributed by atoms with E-state index < -0.39 is 18.4 Å². The van der Waals surface area contributed by atoms with E-state index >= 15 is 0 Å². The van der Waals surface area contributed by atoms with Crippen LogP contribution in [0.4, 0.5) is 11.5 Å². The number of carbonyl (C=O) groups is 2. The second-order valence-electron chi connectivity index (χ2n) is 4.65. The van der Waals surface area contributed by atoms with Crippen molar-refractivity contribution in [2.45, 2.75) is 6.92 Å². The third-order valence-electron chi connectivity index (χ3n) is 3.02. The lowest BCUT2D eigenvalue weighted by molar-refractivity contribution is -0.137.